The van der Waals surface area contributed by atoms with E-state index in [4.69, 9.17) is 10.00 Å². The van der Waals surface area contributed by atoms with Crippen molar-refractivity contribution >= 4 is 5.91 Å². The molecule has 0 bridgehead atoms. The summed E-state index contributed by atoms with van der Waals surface area (Å²) in [6.07, 6.45) is 0.543. The van der Waals surface area contributed by atoms with Gasteiger partial charge in [-0.15, -0.1) is 0 Å². The molecule has 29 heavy (non-hydrogen) atoms. The Morgan fingerprint density at radius 1 is 1.21 bits per heavy atom. The first-order chi connectivity index (χ1) is 13.8. The van der Waals surface area contributed by atoms with Crippen LogP contribution >= 0.6 is 0 Å². The highest BCUT2D eigenvalue weighted by Crippen LogP contribution is 2.35. The van der Waals surface area contributed by atoms with E-state index in [1.54, 1.807) is 13.0 Å². The molecule has 1 N–H and O–H groups in total. The van der Waals surface area contributed by atoms with Crippen LogP contribution in [-0.2, 0) is 6.18 Å². The van der Waals surface area contributed by atoms with Crippen LogP contribution in [0.15, 0.2) is 30.6 Å². The fraction of sp³-hybridized carbons (Fsp3) is 0.400. The van der Waals surface area contributed by atoms with Gasteiger partial charge in [-0.05, 0) is 50.8 Å². The Balaban J connectivity index is 1.55. The highest BCUT2D eigenvalue weighted by atomic mass is 19.4. The van der Waals surface area contributed by atoms with Gasteiger partial charge >= 0.3 is 6.18 Å². The number of hydrogen-bond acceptors (Lipinski definition) is 5. The van der Waals surface area contributed by atoms with Crippen LogP contribution in [0.1, 0.15) is 53.0 Å². The minimum atomic E-state index is -4.62. The van der Waals surface area contributed by atoms with E-state index in [0.717, 1.165) is 12.1 Å². The van der Waals surface area contributed by atoms with Crippen LogP contribution in [-0.4, -0.2) is 28.0 Å². The Morgan fingerprint density at radius 3 is 2.45 bits per heavy atom. The van der Waals surface area contributed by atoms with E-state index in [2.05, 4.69) is 15.3 Å². The molecule has 2 aromatic rings. The van der Waals surface area contributed by atoms with Crippen LogP contribution in [0.4, 0.5) is 13.2 Å². The number of carbonyl (C=O) groups excluding carboxylic acids is 1. The molecule has 1 aliphatic rings. The van der Waals surface area contributed by atoms with Gasteiger partial charge in [0.25, 0.3) is 5.91 Å². The van der Waals surface area contributed by atoms with Crippen molar-refractivity contribution in [1.29, 1.82) is 5.26 Å². The van der Waals surface area contributed by atoms with Crippen LogP contribution < -0.4 is 10.1 Å². The minimum Gasteiger partial charge on any atom is -0.490 e. The number of nitriles is 1. The zero-order chi connectivity index (χ0) is 21.0. The maximum Gasteiger partial charge on any atom is 0.417 e. The SMILES string of the molecule is Cc1ncc(C(=O)NC2CCC(Oc3ccc(C#N)c(C(F)(F)F)c3)CC2)cn1. The van der Waals surface area contributed by atoms with E-state index in [-0.39, 0.29) is 23.8 Å². The second-order valence-electron chi connectivity index (χ2n) is 6.90. The maximum atomic E-state index is 13.1. The summed E-state index contributed by atoms with van der Waals surface area (Å²) in [5.74, 6) is 0.410. The average Bonchev–Trinajstić information content (AvgIpc) is 2.69. The Morgan fingerprint density at radius 2 is 1.86 bits per heavy atom. The van der Waals surface area contributed by atoms with E-state index in [0.29, 0.717) is 37.1 Å². The van der Waals surface area contributed by atoms with Gasteiger partial charge in [0.1, 0.15) is 11.6 Å². The van der Waals surface area contributed by atoms with Crippen molar-refractivity contribution in [2.75, 3.05) is 0 Å². The number of amides is 1. The zero-order valence-electron chi connectivity index (χ0n) is 15.7. The first kappa shape index (κ1) is 20.6. The second-order valence-corrected chi connectivity index (χ2v) is 6.90. The third kappa shape index (κ3) is 5.22. The van der Waals surface area contributed by atoms with E-state index < -0.39 is 17.3 Å². The lowest BCUT2D eigenvalue weighted by Gasteiger charge is -2.29. The predicted octanol–water partition coefficient (Wildman–Crippen LogP) is 3.80. The molecule has 6 nitrogen and oxygen atoms in total. The third-order valence-corrected chi connectivity index (χ3v) is 4.77. The molecule has 1 fully saturated rings. The van der Waals surface area contributed by atoms with Gasteiger partial charge < -0.3 is 10.1 Å². The van der Waals surface area contributed by atoms with Gasteiger partial charge in [0, 0.05) is 18.4 Å². The number of nitrogens with zero attached hydrogens (tertiary/aromatic N) is 3. The molecule has 152 valence electrons. The summed E-state index contributed by atoms with van der Waals surface area (Å²) >= 11 is 0. The topological polar surface area (TPSA) is 87.9 Å². The summed E-state index contributed by atoms with van der Waals surface area (Å²) in [6, 6.07) is 4.86. The number of rotatable bonds is 4. The summed E-state index contributed by atoms with van der Waals surface area (Å²) in [6.45, 7) is 1.73. The first-order valence-corrected chi connectivity index (χ1v) is 9.14. The van der Waals surface area contributed by atoms with Gasteiger partial charge in [0.15, 0.2) is 0 Å². The predicted molar refractivity (Wildman–Crippen MR) is 97.1 cm³/mol. The summed E-state index contributed by atoms with van der Waals surface area (Å²) in [4.78, 5) is 20.2. The normalized spacial score (nSPS) is 19.3. The minimum absolute atomic E-state index is 0.0460. The number of hydrogen-bond donors (Lipinski definition) is 1. The lowest BCUT2D eigenvalue weighted by molar-refractivity contribution is -0.137. The lowest BCUT2D eigenvalue weighted by Crippen LogP contribution is -2.39. The van der Waals surface area contributed by atoms with Gasteiger partial charge in [-0.1, -0.05) is 0 Å². The van der Waals surface area contributed by atoms with E-state index in [9.17, 15) is 18.0 Å². The molecule has 9 heteroatoms. The first-order valence-electron chi connectivity index (χ1n) is 9.14. The van der Waals surface area contributed by atoms with Crippen molar-refractivity contribution in [3.05, 3.63) is 53.1 Å². The number of carbonyl (C=O) groups is 1. The van der Waals surface area contributed by atoms with Crippen LogP contribution in [0.25, 0.3) is 0 Å². The van der Waals surface area contributed by atoms with Gasteiger partial charge in [0.2, 0.25) is 0 Å². The van der Waals surface area contributed by atoms with Crippen molar-refractivity contribution < 1.29 is 22.7 Å². The number of alkyl halides is 3. The molecule has 1 aliphatic carbocycles. The molecule has 1 heterocycles. The smallest absolute Gasteiger partial charge is 0.417 e. The van der Waals surface area contributed by atoms with Crippen molar-refractivity contribution in [2.45, 2.75) is 50.9 Å². The molecule has 1 saturated carbocycles. The van der Waals surface area contributed by atoms with E-state index in [1.165, 1.54) is 18.5 Å². The number of benzene rings is 1. The highest BCUT2D eigenvalue weighted by molar-refractivity contribution is 5.93. The standard InChI is InChI=1S/C20H19F3N4O2/c1-12-25-10-14(11-26-12)19(28)27-15-3-6-16(7-4-15)29-17-5-2-13(9-24)18(8-17)20(21,22)23/h2,5,8,10-11,15-16H,3-4,6-7H2,1H3,(H,27,28). The molecule has 3 rings (SSSR count). The molecular weight excluding hydrogens is 385 g/mol. The highest BCUT2D eigenvalue weighted by Gasteiger charge is 2.34. The van der Waals surface area contributed by atoms with Crippen LogP contribution in [0.3, 0.4) is 0 Å². The average molecular weight is 404 g/mol. The molecule has 1 aromatic heterocycles. The van der Waals surface area contributed by atoms with Crippen molar-refractivity contribution in [2.24, 2.45) is 0 Å². The third-order valence-electron chi connectivity index (χ3n) is 4.77. The van der Waals surface area contributed by atoms with Gasteiger partial charge in [-0.2, -0.15) is 18.4 Å². The number of aromatic nitrogens is 2. The van der Waals surface area contributed by atoms with Crippen LogP contribution in [0, 0.1) is 18.3 Å². The molecule has 0 aliphatic heterocycles. The number of halogens is 3. The molecule has 1 amide bonds. The Labute approximate surface area is 165 Å². The zero-order valence-corrected chi connectivity index (χ0v) is 15.7. The van der Waals surface area contributed by atoms with Crippen molar-refractivity contribution in [3.8, 4) is 11.8 Å². The van der Waals surface area contributed by atoms with Crippen LogP contribution in [0.2, 0.25) is 0 Å². The Bertz CT molecular complexity index is 915. The van der Waals surface area contributed by atoms with Gasteiger partial charge in [0.05, 0.1) is 28.9 Å². The summed E-state index contributed by atoms with van der Waals surface area (Å²) in [7, 11) is 0. The Kier molecular flexibility index (Phi) is 6.01. The maximum absolute atomic E-state index is 13.1. The fourth-order valence-electron chi connectivity index (χ4n) is 3.22. The number of ether oxygens (including phenoxy) is 1. The summed E-state index contributed by atoms with van der Waals surface area (Å²) in [5, 5.41) is 11.8. The molecule has 0 radical (unpaired) electrons. The molecule has 0 saturated heterocycles. The van der Waals surface area contributed by atoms with Crippen LogP contribution in [0.5, 0.6) is 5.75 Å². The number of aryl methyl sites for hydroxylation is 1. The van der Waals surface area contributed by atoms with Gasteiger partial charge in [-0.3, -0.25) is 4.79 Å². The quantitative estimate of drug-likeness (QED) is 0.838. The molecule has 0 unspecified atom stereocenters. The van der Waals surface area contributed by atoms with E-state index in [1.807, 2.05) is 0 Å². The van der Waals surface area contributed by atoms with E-state index >= 15 is 0 Å². The largest absolute Gasteiger partial charge is 0.490 e. The summed E-state index contributed by atoms with van der Waals surface area (Å²) in [5.41, 5.74) is -1.05. The van der Waals surface area contributed by atoms with Gasteiger partial charge in [-0.25, -0.2) is 9.97 Å². The van der Waals surface area contributed by atoms with Crippen molar-refractivity contribution in [3.63, 3.8) is 0 Å². The number of nitrogens with one attached hydrogen (secondary N) is 1. The molecule has 0 spiro atoms. The molecular formula is C20H19F3N4O2. The monoisotopic (exact) mass is 404 g/mol. The summed E-state index contributed by atoms with van der Waals surface area (Å²) < 4.78 is 44.9. The van der Waals surface area contributed by atoms with Crippen molar-refractivity contribution in [1.82, 2.24) is 15.3 Å². The Hall–Kier alpha value is -3.15. The fourth-order valence-corrected chi connectivity index (χ4v) is 3.22. The second kappa shape index (κ2) is 8.47. The lowest BCUT2D eigenvalue weighted by atomic mass is 9.92. The molecule has 1 aromatic carbocycles. The molecule has 0 atom stereocenters.